The van der Waals surface area contributed by atoms with E-state index < -0.39 is 11.8 Å². The zero-order valence-corrected chi connectivity index (χ0v) is 16.1. The second-order valence-electron chi connectivity index (χ2n) is 7.18. The number of aromatic nitrogens is 2. The second-order valence-corrected chi connectivity index (χ2v) is 7.18. The molecule has 0 aliphatic heterocycles. The number of ether oxygens (including phenoxy) is 1. The van der Waals surface area contributed by atoms with Crippen LogP contribution in [0.3, 0.4) is 0 Å². The molecule has 1 atom stereocenters. The van der Waals surface area contributed by atoms with Gasteiger partial charge in [0.2, 0.25) is 0 Å². The van der Waals surface area contributed by atoms with Crippen LogP contribution in [0, 0.1) is 6.92 Å². The van der Waals surface area contributed by atoms with E-state index in [1.54, 1.807) is 30.5 Å². The van der Waals surface area contributed by atoms with Gasteiger partial charge in [0.25, 0.3) is 0 Å². The fourth-order valence-electron chi connectivity index (χ4n) is 3.33. The summed E-state index contributed by atoms with van der Waals surface area (Å²) in [5.74, 6) is 0.0616. The predicted molar refractivity (Wildman–Crippen MR) is 109 cm³/mol. The molecule has 4 rings (SSSR count). The largest absolute Gasteiger partial charge is 0.457 e. The highest BCUT2D eigenvalue weighted by Gasteiger charge is 2.24. The number of aryl methyl sites for hydroxylation is 2. The summed E-state index contributed by atoms with van der Waals surface area (Å²) in [5.41, 5.74) is 3.88. The summed E-state index contributed by atoms with van der Waals surface area (Å²) in [7, 11) is 0. The molecule has 29 heavy (non-hydrogen) atoms. The molecule has 0 unspecified atom stereocenters. The Morgan fingerprint density at radius 2 is 1.72 bits per heavy atom. The molecule has 7 heteroatoms. The van der Waals surface area contributed by atoms with E-state index in [0.29, 0.717) is 17.9 Å². The first-order chi connectivity index (χ1) is 14.1. The lowest BCUT2D eigenvalue weighted by Crippen LogP contribution is -2.44. The minimum Gasteiger partial charge on any atom is -0.457 e. The molecule has 0 fully saturated rings. The first-order valence-electron chi connectivity index (χ1n) is 9.54. The minimum absolute atomic E-state index is 0.0661. The Morgan fingerprint density at radius 1 is 1.03 bits per heavy atom. The van der Waals surface area contributed by atoms with Gasteiger partial charge in [-0.1, -0.05) is 17.7 Å². The number of hydrogen-bond acceptors (Lipinski definition) is 4. The zero-order chi connectivity index (χ0) is 20.2. The van der Waals surface area contributed by atoms with Crippen LogP contribution in [0.5, 0.6) is 11.5 Å². The fourth-order valence-corrected chi connectivity index (χ4v) is 3.33. The Kier molecular flexibility index (Phi) is 5.29. The van der Waals surface area contributed by atoms with Crippen molar-refractivity contribution < 1.29 is 14.3 Å². The highest BCUT2D eigenvalue weighted by atomic mass is 16.5. The molecule has 3 N–H and O–H groups in total. The van der Waals surface area contributed by atoms with Crippen LogP contribution in [0.2, 0.25) is 0 Å². The number of hydrogen-bond donors (Lipinski definition) is 3. The molecular weight excluding hydrogens is 368 g/mol. The molecule has 1 aromatic heterocycles. The van der Waals surface area contributed by atoms with Crippen molar-refractivity contribution in [3.05, 3.63) is 71.5 Å². The van der Waals surface area contributed by atoms with Crippen LogP contribution < -0.4 is 15.4 Å². The summed E-state index contributed by atoms with van der Waals surface area (Å²) in [4.78, 5) is 24.4. The smallest absolute Gasteiger partial charge is 0.313 e. The maximum Gasteiger partial charge on any atom is 0.313 e. The topological polar surface area (TPSA) is 96.1 Å². The summed E-state index contributed by atoms with van der Waals surface area (Å²) >= 11 is 0. The fraction of sp³-hybridized carbons (Fsp3) is 0.227. The highest BCUT2D eigenvalue weighted by Crippen LogP contribution is 2.23. The molecule has 0 radical (unpaired) electrons. The van der Waals surface area contributed by atoms with Gasteiger partial charge in [-0.15, -0.1) is 0 Å². The number of fused-ring (bicyclic) bond motifs is 1. The number of nitrogens with zero attached hydrogens (tertiary/aromatic N) is 1. The molecule has 7 nitrogen and oxygen atoms in total. The monoisotopic (exact) mass is 390 g/mol. The van der Waals surface area contributed by atoms with Crippen LogP contribution in [0.4, 0.5) is 5.69 Å². The van der Waals surface area contributed by atoms with E-state index in [2.05, 4.69) is 20.8 Å². The summed E-state index contributed by atoms with van der Waals surface area (Å²) in [5, 5.41) is 12.4. The van der Waals surface area contributed by atoms with Gasteiger partial charge in [0.15, 0.2) is 0 Å². The van der Waals surface area contributed by atoms with Gasteiger partial charge < -0.3 is 15.4 Å². The normalized spacial score (nSPS) is 15.3. The van der Waals surface area contributed by atoms with Gasteiger partial charge in [0.1, 0.15) is 11.5 Å². The summed E-state index contributed by atoms with van der Waals surface area (Å²) in [6.45, 7) is 2.01. The predicted octanol–water partition coefficient (Wildman–Crippen LogP) is 3.12. The molecule has 3 aromatic rings. The van der Waals surface area contributed by atoms with E-state index in [4.69, 9.17) is 4.74 Å². The van der Waals surface area contributed by atoms with Crippen LogP contribution in [0.15, 0.2) is 54.7 Å². The Bertz CT molecular complexity index is 1010. The number of carbonyl (C=O) groups excluding carboxylic acids is 2. The number of nitrogens with one attached hydrogen (secondary N) is 3. The number of carbonyl (C=O) groups is 2. The first kappa shape index (κ1) is 18.7. The SMILES string of the molecule is Cc1ccc(Oc2ccc(NC(=O)C(=O)N[C@H]3CCc4[nH]ncc4C3)cc2)cc1. The number of anilines is 1. The van der Waals surface area contributed by atoms with Crippen molar-refractivity contribution in [2.75, 3.05) is 5.32 Å². The standard InChI is InChI=1S/C22H22N4O3/c1-14-2-7-18(8-3-14)29-19-9-4-16(5-10-19)24-21(27)22(28)25-17-6-11-20-15(12-17)13-23-26-20/h2-5,7-10,13,17H,6,11-12H2,1H3,(H,23,26)(H,24,27)(H,25,28)/t17-/m0/s1. The molecule has 0 saturated heterocycles. The van der Waals surface area contributed by atoms with Gasteiger partial charge in [-0.25, -0.2) is 0 Å². The quantitative estimate of drug-likeness (QED) is 0.597. The average Bonchev–Trinajstić information content (AvgIpc) is 3.19. The summed E-state index contributed by atoms with van der Waals surface area (Å²) < 4.78 is 5.76. The third kappa shape index (κ3) is 4.63. The van der Waals surface area contributed by atoms with E-state index in [1.165, 1.54) is 0 Å². The molecular formula is C22H22N4O3. The Hall–Kier alpha value is -3.61. The molecule has 0 bridgehead atoms. The molecule has 1 heterocycles. The van der Waals surface area contributed by atoms with Gasteiger partial charge in [0, 0.05) is 17.4 Å². The van der Waals surface area contributed by atoms with E-state index >= 15 is 0 Å². The van der Waals surface area contributed by atoms with Crippen LogP contribution in [0.1, 0.15) is 23.2 Å². The zero-order valence-electron chi connectivity index (χ0n) is 16.1. The van der Waals surface area contributed by atoms with Gasteiger partial charge in [0.05, 0.1) is 6.20 Å². The van der Waals surface area contributed by atoms with Gasteiger partial charge in [-0.05, 0) is 68.1 Å². The van der Waals surface area contributed by atoms with E-state index in [0.717, 1.165) is 35.4 Å². The lowest BCUT2D eigenvalue weighted by molar-refractivity contribution is -0.136. The van der Waals surface area contributed by atoms with Crippen molar-refractivity contribution in [2.24, 2.45) is 0 Å². The van der Waals surface area contributed by atoms with Crippen molar-refractivity contribution >= 4 is 17.5 Å². The molecule has 1 aliphatic carbocycles. The number of H-pyrrole nitrogens is 1. The maximum absolute atomic E-state index is 12.2. The molecule has 1 aliphatic rings. The van der Waals surface area contributed by atoms with Crippen molar-refractivity contribution in [1.29, 1.82) is 0 Å². The lowest BCUT2D eigenvalue weighted by Gasteiger charge is -2.22. The number of rotatable bonds is 4. The van der Waals surface area contributed by atoms with E-state index in [-0.39, 0.29) is 6.04 Å². The molecule has 0 spiro atoms. The molecule has 2 aromatic carbocycles. The average molecular weight is 390 g/mol. The number of amides is 2. The van der Waals surface area contributed by atoms with Crippen molar-refractivity contribution in [3.8, 4) is 11.5 Å². The summed E-state index contributed by atoms with van der Waals surface area (Å²) in [6.07, 6.45) is 4.04. The third-order valence-corrected chi connectivity index (χ3v) is 4.93. The minimum atomic E-state index is -0.685. The lowest BCUT2D eigenvalue weighted by atomic mass is 9.93. The number of benzene rings is 2. The van der Waals surface area contributed by atoms with E-state index in [9.17, 15) is 9.59 Å². The van der Waals surface area contributed by atoms with Gasteiger partial charge in [-0.2, -0.15) is 5.10 Å². The first-order valence-corrected chi connectivity index (χ1v) is 9.54. The Labute approximate surface area is 168 Å². The molecule has 148 valence electrons. The van der Waals surface area contributed by atoms with Crippen LogP contribution in [0.25, 0.3) is 0 Å². The summed E-state index contributed by atoms with van der Waals surface area (Å²) in [6, 6.07) is 14.6. The molecule has 0 saturated carbocycles. The molecule has 2 amide bonds. The third-order valence-electron chi connectivity index (χ3n) is 4.93. The van der Waals surface area contributed by atoms with Crippen LogP contribution in [-0.4, -0.2) is 28.1 Å². The highest BCUT2D eigenvalue weighted by molar-refractivity contribution is 6.39. The number of aromatic amines is 1. The van der Waals surface area contributed by atoms with Crippen molar-refractivity contribution in [1.82, 2.24) is 15.5 Å². The van der Waals surface area contributed by atoms with Crippen molar-refractivity contribution in [2.45, 2.75) is 32.2 Å². The Morgan fingerprint density at radius 3 is 2.45 bits per heavy atom. The second kappa shape index (κ2) is 8.18. The van der Waals surface area contributed by atoms with Gasteiger partial charge in [-0.3, -0.25) is 14.7 Å². The van der Waals surface area contributed by atoms with Crippen molar-refractivity contribution in [3.63, 3.8) is 0 Å². The van der Waals surface area contributed by atoms with Gasteiger partial charge >= 0.3 is 11.8 Å². The van der Waals surface area contributed by atoms with Crippen LogP contribution in [-0.2, 0) is 22.4 Å². The van der Waals surface area contributed by atoms with E-state index in [1.807, 2.05) is 31.2 Å². The van der Waals surface area contributed by atoms with Crippen LogP contribution >= 0.6 is 0 Å². The Balaban J connectivity index is 1.30. The maximum atomic E-state index is 12.2.